The normalized spacial score (nSPS) is 21.8. The van der Waals surface area contributed by atoms with Crippen LogP contribution in [-0.4, -0.2) is 49.0 Å². The van der Waals surface area contributed by atoms with Crippen LogP contribution in [-0.2, 0) is 15.8 Å². The minimum absolute atomic E-state index is 0.106. The Labute approximate surface area is 145 Å². The fraction of sp³-hybridized carbons (Fsp3) is 0.467. The van der Waals surface area contributed by atoms with Gasteiger partial charge in [0.2, 0.25) is 5.91 Å². The van der Waals surface area contributed by atoms with Gasteiger partial charge in [-0.2, -0.15) is 13.2 Å². The van der Waals surface area contributed by atoms with E-state index in [1.807, 2.05) is 0 Å². The summed E-state index contributed by atoms with van der Waals surface area (Å²) in [4.78, 5) is 36.0. The highest BCUT2D eigenvalue weighted by Crippen LogP contribution is 2.36. The van der Waals surface area contributed by atoms with Crippen LogP contribution in [0.25, 0.3) is 0 Å². The van der Waals surface area contributed by atoms with Crippen LogP contribution in [0, 0.1) is 10.1 Å². The molecule has 2 saturated heterocycles. The first kappa shape index (κ1) is 18.1. The first-order chi connectivity index (χ1) is 12.2. The summed E-state index contributed by atoms with van der Waals surface area (Å²) in [6, 6.07) is 1.99. The molecule has 140 valence electrons. The van der Waals surface area contributed by atoms with Gasteiger partial charge in [0.1, 0.15) is 5.69 Å². The molecule has 8 nitrogen and oxygen atoms in total. The summed E-state index contributed by atoms with van der Waals surface area (Å²) in [6.45, 7) is 1.56. The minimum atomic E-state index is -4.66. The number of nitrogens with zero attached hydrogens (tertiary/aromatic N) is 2. The number of carbonyl (C=O) groups excluding carboxylic acids is 2. The average molecular weight is 373 g/mol. The van der Waals surface area contributed by atoms with Crippen molar-refractivity contribution in [3.8, 4) is 0 Å². The molecule has 2 heterocycles. The monoisotopic (exact) mass is 373 g/mol. The standard InChI is InChI=1S/C15H15F3N4O4/c16-15(17,18)9-1-2-10(11(7-9)22(25)26)20-3-5-21(6-4-20)12-8-13(23)19-14(12)24/h1-2,7,12H,3-6,8H2,(H,19,23,24)/p+1/t12-/m1/s1. The molecule has 2 fully saturated rings. The third-order valence-electron chi connectivity index (χ3n) is 4.71. The number of nitro groups is 1. The molecular weight excluding hydrogens is 357 g/mol. The number of alkyl halides is 3. The quantitative estimate of drug-likeness (QED) is 0.432. The summed E-state index contributed by atoms with van der Waals surface area (Å²) in [5, 5.41) is 13.5. The van der Waals surface area contributed by atoms with Crippen LogP contribution in [0.1, 0.15) is 12.0 Å². The summed E-state index contributed by atoms with van der Waals surface area (Å²) < 4.78 is 38.4. The van der Waals surface area contributed by atoms with E-state index in [4.69, 9.17) is 0 Å². The van der Waals surface area contributed by atoms with Crippen molar-refractivity contribution in [3.63, 3.8) is 0 Å². The Balaban J connectivity index is 1.76. The van der Waals surface area contributed by atoms with E-state index in [1.54, 1.807) is 4.90 Å². The molecule has 2 N–H and O–H groups in total. The molecule has 0 unspecified atom stereocenters. The van der Waals surface area contributed by atoms with Gasteiger partial charge in [-0.3, -0.25) is 25.0 Å². The SMILES string of the molecule is O=C1C[C@@H]([NH+]2CCN(c3ccc(C(F)(F)F)cc3[N+](=O)[O-])CC2)C(=O)N1. The summed E-state index contributed by atoms with van der Waals surface area (Å²) in [7, 11) is 0. The molecule has 2 aliphatic heterocycles. The predicted octanol–water partition coefficient (Wildman–Crippen LogP) is -0.266. The van der Waals surface area contributed by atoms with E-state index in [0.29, 0.717) is 32.2 Å². The molecule has 11 heteroatoms. The summed E-state index contributed by atoms with van der Waals surface area (Å²) in [5.74, 6) is -0.660. The van der Waals surface area contributed by atoms with Crippen molar-refractivity contribution >= 4 is 23.2 Å². The molecule has 0 radical (unpaired) electrons. The van der Waals surface area contributed by atoms with Gasteiger partial charge in [0, 0.05) is 6.07 Å². The van der Waals surface area contributed by atoms with Gasteiger partial charge < -0.3 is 9.80 Å². The van der Waals surface area contributed by atoms with Gasteiger partial charge in [-0.1, -0.05) is 0 Å². The van der Waals surface area contributed by atoms with Gasteiger partial charge in [-0.15, -0.1) is 0 Å². The third kappa shape index (κ3) is 3.47. The molecule has 26 heavy (non-hydrogen) atoms. The van der Waals surface area contributed by atoms with Crippen LogP contribution in [0.15, 0.2) is 18.2 Å². The molecular formula is C15H16F3N4O4+. The average Bonchev–Trinajstić information content (AvgIpc) is 2.92. The van der Waals surface area contributed by atoms with Gasteiger partial charge in [0.05, 0.1) is 43.1 Å². The molecule has 1 atom stereocenters. The second kappa shape index (κ2) is 6.56. The number of amides is 2. The number of nitro benzene ring substituents is 1. The summed E-state index contributed by atoms with van der Waals surface area (Å²) >= 11 is 0. The molecule has 3 rings (SSSR count). The number of imide groups is 1. The fourth-order valence-corrected chi connectivity index (χ4v) is 3.38. The zero-order valence-corrected chi connectivity index (χ0v) is 13.5. The van der Waals surface area contributed by atoms with E-state index >= 15 is 0 Å². The maximum atomic E-state index is 12.8. The van der Waals surface area contributed by atoms with Crippen LogP contribution < -0.4 is 15.1 Å². The van der Waals surface area contributed by atoms with Crippen molar-refractivity contribution in [2.45, 2.75) is 18.6 Å². The molecule has 0 aromatic heterocycles. The number of nitrogens with one attached hydrogen (secondary N) is 2. The van der Waals surface area contributed by atoms with E-state index in [-0.39, 0.29) is 23.9 Å². The molecule has 0 bridgehead atoms. The van der Waals surface area contributed by atoms with E-state index < -0.39 is 28.4 Å². The topological polar surface area (TPSA) is 97.0 Å². The van der Waals surface area contributed by atoms with Crippen LogP contribution >= 0.6 is 0 Å². The van der Waals surface area contributed by atoms with Crippen molar-refractivity contribution < 1.29 is 32.6 Å². The Hall–Kier alpha value is -2.69. The number of hydrogen-bond donors (Lipinski definition) is 2. The number of anilines is 1. The van der Waals surface area contributed by atoms with E-state index in [2.05, 4.69) is 5.32 Å². The lowest BCUT2D eigenvalue weighted by molar-refractivity contribution is -0.915. The molecule has 1 aromatic rings. The largest absolute Gasteiger partial charge is 0.416 e. The van der Waals surface area contributed by atoms with Crippen LogP contribution in [0.3, 0.4) is 0 Å². The van der Waals surface area contributed by atoms with Crippen LogP contribution in [0.5, 0.6) is 0 Å². The van der Waals surface area contributed by atoms with Gasteiger partial charge >= 0.3 is 6.18 Å². The van der Waals surface area contributed by atoms with Gasteiger partial charge in [0.25, 0.3) is 11.6 Å². The number of halogens is 3. The smallest absolute Gasteiger partial charge is 0.355 e. The number of benzene rings is 1. The number of quaternary nitrogens is 1. The highest BCUT2D eigenvalue weighted by molar-refractivity contribution is 6.04. The molecule has 0 aliphatic carbocycles. The Morgan fingerprint density at radius 3 is 2.38 bits per heavy atom. The molecule has 1 aromatic carbocycles. The highest BCUT2D eigenvalue weighted by Gasteiger charge is 2.41. The van der Waals surface area contributed by atoms with Crippen LogP contribution in [0.4, 0.5) is 24.5 Å². The molecule has 0 spiro atoms. The fourth-order valence-electron chi connectivity index (χ4n) is 3.38. The molecule has 2 amide bonds. The van der Waals surface area contributed by atoms with Crippen molar-refractivity contribution in [1.82, 2.24) is 5.32 Å². The molecule has 2 aliphatic rings. The Kier molecular flexibility index (Phi) is 4.57. The first-order valence-corrected chi connectivity index (χ1v) is 7.95. The van der Waals surface area contributed by atoms with Crippen molar-refractivity contribution in [2.75, 3.05) is 31.1 Å². The summed E-state index contributed by atoms with van der Waals surface area (Å²) in [5.41, 5.74) is -1.55. The second-order valence-electron chi connectivity index (χ2n) is 6.27. The zero-order valence-electron chi connectivity index (χ0n) is 13.5. The van der Waals surface area contributed by atoms with Crippen molar-refractivity contribution in [1.29, 1.82) is 0 Å². The molecule has 0 saturated carbocycles. The maximum Gasteiger partial charge on any atom is 0.416 e. The lowest BCUT2D eigenvalue weighted by Crippen LogP contribution is -3.19. The Bertz CT molecular complexity index is 760. The van der Waals surface area contributed by atoms with Crippen molar-refractivity contribution in [2.24, 2.45) is 0 Å². The van der Waals surface area contributed by atoms with Crippen molar-refractivity contribution in [3.05, 3.63) is 33.9 Å². The van der Waals surface area contributed by atoms with Gasteiger partial charge in [0.15, 0.2) is 6.04 Å². The number of carbonyl (C=O) groups is 2. The van der Waals surface area contributed by atoms with Gasteiger partial charge in [-0.05, 0) is 12.1 Å². The lowest BCUT2D eigenvalue weighted by atomic mass is 10.1. The Morgan fingerprint density at radius 1 is 1.23 bits per heavy atom. The second-order valence-corrected chi connectivity index (χ2v) is 6.27. The first-order valence-electron chi connectivity index (χ1n) is 7.95. The number of hydrogen-bond acceptors (Lipinski definition) is 5. The maximum absolute atomic E-state index is 12.8. The van der Waals surface area contributed by atoms with E-state index in [1.165, 1.54) is 0 Å². The van der Waals surface area contributed by atoms with E-state index in [9.17, 15) is 32.9 Å². The summed E-state index contributed by atoms with van der Waals surface area (Å²) in [6.07, 6.45) is -4.55. The predicted molar refractivity (Wildman–Crippen MR) is 82.6 cm³/mol. The van der Waals surface area contributed by atoms with Crippen LogP contribution in [0.2, 0.25) is 0 Å². The lowest BCUT2D eigenvalue weighted by Gasteiger charge is -2.35. The third-order valence-corrected chi connectivity index (χ3v) is 4.71. The van der Waals surface area contributed by atoms with E-state index in [0.717, 1.165) is 17.0 Å². The zero-order chi connectivity index (χ0) is 19.1. The van der Waals surface area contributed by atoms with Gasteiger partial charge in [-0.25, -0.2) is 0 Å². The minimum Gasteiger partial charge on any atom is -0.355 e. The number of piperazine rings is 1. The number of rotatable bonds is 3. The highest BCUT2D eigenvalue weighted by atomic mass is 19.4. The Morgan fingerprint density at radius 2 is 1.88 bits per heavy atom.